The number of fused-ring (bicyclic) bond motifs is 1. The number of esters is 1. The Hall–Kier alpha value is -3.25. The highest BCUT2D eigenvalue weighted by atomic mass is 35.5. The predicted octanol–water partition coefficient (Wildman–Crippen LogP) is 4.42. The maximum Gasteiger partial charge on any atom is 0.336 e. The van der Waals surface area contributed by atoms with E-state index in [0.29, 0.717) is 16.0 Å². The summed E-state index contributed by atoms with van der Waals surface area (Å²) in [7, 11) is 0. The van der Waals surface area contributed by atoms with E-state index >= 15 is 0 Å². The largest absolute Gasteiger partial charge is 0.414 e. The van der Waals surface area contributed by atoms with Crippen LogP contribution in [0.15, 0.2) is 60.8 Å². The van der Waals surface area contributed by atoms with Crippen LogP contribution >= 0.6 is 11.6 Å². The molecule has 3 rings (SSSR count). The van der Waals surface area contributed by atoms with Crippen molar-refractivity contribution in [3.63, 3.8) is 0 Å². The van der Waals surface area contributed by atoms with Crippen molar-refractivity contribution in [2.24, 2.45) is 0 Å². The fraction of sp³-hybridized carbons (Fsp3) is 0. The number of carbonyl (C=O) groups is 1. The molecule has 0 aliphatic rings. The van der Waals surface area contributed by atoms with E-state index in [2.05, 4.69) is 4.98 Å². The molecule has 0 aliphatic heterocycles. The number of carbonyl (C=O) groups excluding carboxylic acids is 1. The lowest BCUT2D eigenvalue weighted by molar-refractivity contribution is -0.385. The van der Waals surface area contributed by atoms with Crippen molar-refractivity contribution >= 4 is 40.2 Å². The minimum absolute atomic E-state index is 0.177. The summed E-state index contributed by atoms with van der Waals surface area (Å²) in [6, 6.07) is 13.1. The fourth-order valence-electron chi connectivity index (χ4n) is 2.26. The number of nitro benzene ring substituents is 1. The molecule has 1 heterocycles. The van der Waals surface area contributed by atoms with Gasteiger partial charge in [0.2, 0.25) is 5.75 Å². The van der Waals surface area contributed by atoms with Crippen LogP contribution in [0.2, 0.25) is 5.02 Å². The lowest BCUT2D eigenvalue weighted by atomic mass is 10.2. The molecule has 0 radical (unpaired) electrons. The Kier molecular flexibility index (Phi) is 4.72. The van der Waals surface area contributed by atoms with E-state index in [1.165, 1.54) is 24.4 Å². The van der Waals surface area contributed by atoms with Gasteiger partial charge in [-0.1, -0.05) is 29.8 Å². The van der Waals surface area contributed by atoms with Gasteiger partial charge in [0.05, 0.1) is 4.92 Å². The maximum absolute atomic E-state index is 12.1. The van der Waals surface area contributed by atoms with Gasteiger partial charge in [-0.2, -0.15) is 0 Å². The molecular formula is C18H11ClN2O4. The van der Waals surface area contributed by atoms with Crippen LogP contribution in [0.25, 0.3) is 17.0 Å². The maximum atomic E-state index is 12.1. The molecule has 25 heavy (non-hydrogen) atoms. The van der Waals surface area contributed by atoms with Crippen LogP contribution in [0.1, 0.15) is 5.56 Å². The molecule has 0 amide bonds. The number of halogens is 1. The summed E-state index contributed by atoms with van der Waals surface area (Å²) in [5, 5.41) is 12.4. The zero-order chi connectivity index (χ0) is 17.8. The number of ether oxygens (including phenoxy) is 1. The van der Waals surface area contributed by atoms with Crippen LogP contribution in [-0.2, 0) is 4.79 Å². The van der Waals surface area contributed by atoms with E-state index in [0.717, 1.165) is 0 Å². The number of benzene rings is 2. The van der Waals surface area contributed by atoms with Gasteiger partial charge in [0.25, 0.3) is 0 Å². The van der Waals surface area contributed by atoms with Crippen molar-refractivity contribution in [2.45, 2.75) is 0 Å². The van der Waals surface area contributed by atoms with Crippen LogP contribution < -0.4 is 4.74 Å². The van der Waals surface area contributed by atoms with Crippen LogP contribution in [0.5, 0.6) is 5.75 Å². The fourth-order valence-corrected chi connectivity index (χ4v) is 2.46. The molecule has 0 bridgehead atoms. The third-order valence-electron chi connectivity index (χ3n) is 3.37. The summed E-state index contributed by atoms with van der Waals surface area (Å²) in [4.78, 5) is 26.8. The number of nitro groups is 1. The minimum Gasteiger partial charge on any atom is -0.414 e. The normalized spacial score (nSPS) is 10.9. The van der Waals surface area contributed by atoms with Crippen molar-refractivity contribution in [3.8, 4) is 5.75 Å². The van der Waals surface area contributed by atoms with Crippen LogP contribution in [0.3, 0.4) is 0 Å². The summed E-state index contributed by atoms with van der Waals surface area (Å²) < 4.78 is 5.21. The predicted molar refractivity (Wildman–Crippen MR) is 94.5 cm³/mol. The van der Waals surface area contributed by atoms with Crippen molar-refractivity contribution in [1.29, 1.82) is 0 Å². The van der Waals surface area contributed by atoms with Gasteiger partial charge in [-0.3, -0.25) is 15.1 Å². The first-order valence-corrected chi connectivity index (χ1v) is 7.60. The molecule has 1 aromatic heterocycles. The summed E-state index contributed by atoms with van der Waals surface area (Å²) in [5.74, 6) is -0.926. The average Bonchev–Trinajstić information content (AvgIpc) is 2.60. The molecule has 0 atom stereocenters. The highest BCUT2D eigenvalue weighted by Gasteiger charge is 2.21. The van der Waals surface area contributed by atoms with E-state index < -0.39 is 10.9 Å². The topological polar surface area (TPSA) is 82.3 Å². The Bertz CT molecular complexity index is 1000. The van der Waals surface area contributed by atoms with Crippen molar-refractivity contribution < 1.29 is 14.5 Å². The standard InChI is InChI=1S/C18H11ClN2O4/c19-14-5-1-3-12(11-14)6-9-16(22)25-18-15(21(23)24)8-7-13-4-2-10-20-17(13)18/h1-11H/b9-6+. The molecule has 7 heteroatoms. The smallest absolute Gasteiger partial charge is 0.336 e. The Balaban J connectivity index is 1.92. The molecule has 2 aromatic carbocycles. The molecule has 0 spiro atoms. The van der Waals surface area contributed by atoms with Gasteiger partial charge in [0, 0.05) is 28.7 Å². The second-order valence-electron chi connectivity index (χ2n) is 5.06. The summed E-state index contributed by atoms with van der Waals surface area (Å²) >= 11 is 5.88. The first-order chi connectivity index (χ1) is 12.0. The Morgan fingerprint density at radius 2 is 2.04 bits per heavy atom. The number of pyridine rings is 1. The Morgan fingerprint density at radius 1 is 1.20 bits per heavy atom. The molecule has 124 valence electrons. The van der Waals surface area contributed by atoms with Gasteiger partial charge in [-0.25, -0.2) is 4.79 Å². The summed E-state index contributed by atoms with van der Waals surface area (Å²) in [6.07, 6.45) is 4.17. The highest BCUT2D eigenvalue weighted by Crippen LogP contribution is 2.34. The number of nitrogens with zero attached hydrogens (tertiary/aromatic N) is 2. The van der Waals surface area contributed by atoms with Gasteiger partial charge >= 0.3 is 11.7 Å². The second kappa shape index (κ2) is 7.11. The van der Waals surface area contributed by atoms with Crippen LogP contribution in [-0.4, -0.2) is 15.9 Å². The van der Waals surface area contributed by atoms with Crippen molar-refractivity contribution in [1.82, 2.24) is 4.98 Å². The quantitative estimate of drug-likeness (QED) is 0.228. The van der Waals surface area contributed by atoms with Gasteiger partial charge in [-0.15, -0.1) is 0 Å². The molecule has 6 nitrogen and oxygen atoms in total. The van der Waals surface area contributed by atoms with Crippen LogP contribution in [0, 0.1) is 10.1 Å². The highest BCUT2D eigenvalue weighted by molar-refractivity contribution is 6.30. The van der Waals surface area contributed by atoms with E-state index in [4.69, 9.17) is 16.3 Å². The monoisotopic (exact) mass is 354 g/mol. The third-order valence-corrected chi connectivity index (χ3v) is 3.60. The lowest BCUT2D eigenvalue weighted by Crippen LogP contribution is -2.07. The molecular weight excluding hydrogens is 344 g/mol. The van der Waals surface area contributed by atoms with Crippen molar-refractivity contribution in [2.75, 3.05) is 0 Å². The van der Waals surface area contributed by atoms with Gasteiger partial charge in [0.1, 0.15) is 5.52 Å². The van der Waals surface area contributed by atoms with Gasteiger partial charge in [-0.05, 0) is 35.9 Å². The summed E-state index contributed by atoms with van der Waals surface area (Å²) in [6.45, 7) is 0. The van der Waals surface area contributed by atoms with E-state index in [9.17, 15) is 14.9 Å². The molecule has 3 aromatic rings. The van der Waals surface area contributed by atoms with E-state index in [-0.39, 0.29) is 17.0 Å². The molecule has 0 unspecified atom stereocenters. The zero-order valence-electron chi connectivity index (χ0n) is 12.8. The van der Waals surface area contributed by atoms with E-state index in [1.54, 1.807) is 42.5 Å². The number of rotatable bonds is 4. The molecule has 0 fully saturated rings. The average molecular weight is 355 g/mol. The summed E-state index contributed by atoms with van der Waals surface area (Å²) in [5.41, 5.74) is 0.631. The zero-order valence-corrected chi connectivity index (χ0v) is 13.5. The number of hydrogen-bond acceptors (Lipinski definition) is 5. The Morgan fingerprint density at radius 3 is 2.80 bits per heavy atom. The number of hydrogen-bond donors (Lipinski definition) is 0. The van der Waals surface area contributed by atoms with Crippen molar-refractivity contribution in [3.05, 3.63) is 81.5 Å². The molecule has 0 saturated heterocycles. The molecule has 0 saturated carbocycles. The molecule has 0 N–H and O–H groups in total. The minimum atomic E-state index is -0.749. The first kappa shape index (κ1) is 16.6. The Labute approximate surface area is 147 Å². The van der Waals surface area contributed by atoms with Gasteiger partial charge in [0.15, 0.2) is 0 Å². The second-order valence-corrected chi connectivity index (χ2v) is 5.49. The SMILES string of the molecule is O=C(/C=C/c1cccc(Cl)c1)Oc1c([N+](=O)[O-])ccc2cccnc12. The van der Waals surface area contributed by atoms with Gasteiger partial charge < -0.3 is 4.74 Å². The van der Waals surface area contributed by atoms with Crippen LogP contribution in [0.4, 0.5) is 5.69 Å². The number of aromatic nitrogens is 1. The first-order valence-electron chi connectivity index (χ1n) is 7.22. The lowest BCUT2D eigenvalue weighted by Gasteiger charge is -2.06. The van der Waals surface area contributed by atoms with E-state index in [1.807, 2.05) is 0 Å². The third kappa shape index (κ3) is 3.81. The molecule has 0 aliphatic carbocycles.